The largest absolute Gasteiger partial charge is 0.0946 e. The van der Waals surface area contributed by atoms with Gasteiger partial charge in [-0.3, -0.25) is 0 Å². The van der Waals surface area contributed by atoms with Crippen molar-refractivity contribution in [1.82, 2.24) is 0 Å². The topological polar surface area (TPSA) is 48.8 Å². The zero-order chi connectivity index (χ0) is 12.5. The van der Waals surface area contributed by atoms with Gasteiger partial charge in [0.2, 0.25) is 0 Å². The lowest BCUT2D eigenvalue weighted by Gasteiger charge is -2.34. The monoisotopic (exact) mass is 235 g/mol. The molecule has 0 heterocycles. The summed E-state index contributed by atoms with van der Waals surface area (Å²) in [5, 5.41) is 3.88. The van der Waals surface area contributed by atoms with Crippen LogP contribution in [0.2, 0.25) is 0 Å². The van der Waals surface area contributed by atoms with Gasteiger partial charge in [-0.25, -0.2) is 0 Å². The van der Waals surface area contributed by atoms with Gasteiger partial charge in [0.1, 0.15) is 0 Å². The maximum Gasteiger partial charge on any atom is 0.0664 e. The van der Waals surface area contributed by atoms with Crippen LogP contribution < -0.4 is 0 Å². The molecule has 0 saturated carbocycles. The molecule has 2 aliphatic rings. The second-order valence-electron chi connectivity index (χ2n) is 4.66. The molecule has 0 radical (unpaired) electrons. The van der Waals surface area contributed by atoms with Gasteiger partial charge >= 0.3 is 0 Å². The number of allylic oxidation sites excluding steroid dienone is 2. The van der Waals surface area contributed by atoms with Gasteiger partial charge in [-0.05, 0) is 28.7 Å². The first-order valence-electron chi connectivity index (χ1n) is 6.00. The summed E-state index contributed by atoms with van der Waals surface area (Å²) in [5.41, 5.74) is 13.5. The second-order valence-corrected chi connectivity index (χ2v) is 4.66. The highest BCUT2D eigenvalue weighted by Gasteiger charge is 2.32. The molecule has 0 saturated heterocycles. The molecular weight excluding hydrogens is 222 g/mol. The number of hydrogen-bond donors (Lipinski definition) is 0. The molecule has 0 N–H and O–H groups in total. The first-order valence-corrected chi connectivity index (χ1v) is 6.00. The quantitative estimate of drug-likeness (QED) is 0.400. The minimum Gasteiger partial charge on any atom is -0.0946 e. The molecule has 3 nitrogen and oxygen atoms in total. The molecule has 18 heavy (non-hydrogen) atoms. The van der Waals surface area contributed by atoms with E-state index in [1.807, 2.05) is 18.2 Å². The molecule has 1 aromatic carbocycles. The molecule has 0 fully saturated rings. The highest BCUT2D eigenvalue weighted by atomic mass is 15.1. The molecule has 88 valence electrons. The van der Waals surface area contributed by atoms with E-state index >= 15 is 0 Å². The van der Waals surface area contributed by atoms with Crippen molar-refractivity contribution < 1.29 is 0 Å². The van der Waals surface area contributed by atoms with E-state index in [2.05, 4.69) is 40.9 Å². The highest BCUT2D eigenvalue weighted by molar-refractivity contribution is 5.75. The molecule has 3 rings (SSSR count). The first kappa shape index (κ1) is 10.9. The minimum atomic E-state index is -0.143. The Hall–Kier alpha value is -2.25. The standard InChI is InChI=1S/C15H13N3/c1-10-13-7-3-2-5-11(13)9-12-6-4-8-14(15(10)12)17-18-16/h2-8,14-15H,1,9H2. The van der Waals surface area contributed by atoms with Gasteiger partial charge in [0.15, 0.2) is 0 Å². The summed E-state index contributed by atoms with van der Waals surface area (Å²) in [5.74, 6) is 0.126. The van der Waals surface area contributed by atoms with Gasteiger partial charge in [-0.2, -0.15) is 0 Å². The third-order valence-electron chi connectivity index (χ3n) is 3.68. The van der Waals surface area contributed by atoms with E-state index < -0.39 is 0 Å². The van der Waals surface area contributed by atoms with Crippen LogP contribution in [0.5, 0.6) is 0 Å². The van der Waals surface area contributed by atoms with E-state index in [9.17, 15) is 0 Å². The van der Waals surface area contributed by atoms with Crippen molar-refractivity contribution in [2.45, 2.75) is 12.5 Å². The summed E-state index contributed by atoms with van der Waals surface area (Å²) in [6.07, 6.45) is 6.97. The maximum atomic E-state index is 8.67. The third-order valence-corrected chi connectivity index (χ3v) is 3.68. The fourth-order valence-corrected chi connectivity index (χ4v) is 2.87. The Morgan fingerprint density at radius 2 is 2.17 bits per heavy atom. The molecule has 1 aromatic rings. The lowest BCUT2D eigenvalue weighted by molar-refractivity contribution is 0.635. The van der Waals surface area contributed by atoms with Gasteiger partial charge in [-0.15, -0.1) is 0 Å². The molecule has 2 atom stereocenters. The lowest BCUT2D eigenvalue weighted by atomic mass is 9.72. The Balaban J connectivity index is 2.11. The van der Waals surface area contributed by atoms with Crippen molar-refractivity contribution >= 4 is 5.57 Å². The first-order chi connectivity index (χ1) is 8.81. The molecule has 2 aliphatic carbocycles. The summed E-state index contributed by atoms with van der Waals surface area (Å²) < 4.78 is 0. The molecule has 0 spiro atoms. The van der Waals surface area contributed by atoms with Crippen LogP contribution in [0.1, 0.15) is 11.1 Å². The van der Waals surface area contributed by atoms with Crippen molar-refractivity contribution in [3.63, 3.8) is 0 Å². The Kier molecular flexibility index (Phi) is 2.54. The van der Waals surface area contributed by atoms with Crippen molar-refractivity contribution in [3.8, 4) is 0 Å². The van der Waals surface area contributed by atoms with Gasteiger partial charge in [-0.1, -0.05) is 59.8 Å². The SMILES string of the molecule is C=C1c2ccccc2CC2=CC=CC(N=[N+]=[N-])C12. The Morgan fingerprint density at radius 3 is 3.00 bits per heavy atom. The van der Waals surface area contributed by atoms with Crippen LogP contribution in [0.4, 0.5) is 0 Å². The zero-order valence-corrected chi connectivity index (χ0v) is 9.95. The van der Waals surface area contributed by atoms with E-state index in [1.54, 1.807) is 0 Å². The van der Waals surface area contributed by atoms with E-state index in [0.717, 1.165) is 12.0 Å². The van der Waals surface area contributed by atoms with Gasteiger partial charge in [0.05, 0.1) is 6.04 Å². The summed E-state index contributed by atoms with van der Waals surface area (Å²) >= 11 is 0. The van der Waals surface area contributed by atoms with E-state index in [-0.39, 0.29) is 12.0 Å². The molecule has 2 unspecified atom stereocenters. The lowest BCUT2D eigenvalue weighted by Crippen LogP contribution is -2.26. The molecule has 3 heteroatoms. The predicted octanol–water partition coefficient (Wildman–Crippen LogP) is 4.05. The zero-order valence-electron chi connectivity index (χ0n) is 9.95. The van der Waals surface area contributed by atoms with Crippen LogP contribution in [0.25, 0.3) is 16.0 Å². The fourth-order valence-electron chi connectivity index (χ4n) is 2.87. The summed E-state index contributed by atoms with van der Waals surface area (Å²) in [6, 6.07) is 8.17. The van der Waals surface area contributed by atoms with Crippen LogP contribution in [0.3, 0.4) is 0 Å². The average Bonchev–Trinajstić information content (AvgIpc) is 2.39. The normalized spacial score (nSPS) is 24.7. The average molecular weight is 235 g/mol. The fraction of sp³-hybridized carbons (Fsp3) is 0.200. The Labute approximate surface area is 106 Å². The highest BCUT2D eigenvalue weighted by Crippen LogP contribution is 2.42. The summed E-state index contributed by atoms with van der Waals surface area (Å²) in [6.45, 7) is 4.21. The van der Waals surface area contributed by atoms with Crippen LogP contribution in [-0.2, 0) is 6.42 Å². The Bertz CT molecular complexity index is 618. The van der Waals surface area contributed by atoms with Gasteiger partial charge < -0.3 is 0 Å². The number of fused-ring (bicyclic) bond motifs is 2. The van der Waals surface area contributed by atoms with Gasteiger partial charge in [0, 0.05) is 10.8 Å². The number of hydrogen-bond acceptors (Lipinski definition) is 1. The number of nitrogens with zero attached hydrogens (tertiary/aromatic N) is 3. The van der Waals surface area contributed by atoms with Gasteiger partial charge in [0.25, 0.3) is 0 Å². The van der Waals surface area contributed by atoms with Crippen LogP contribution in [0, 0.1) is 5.92 Å². The van der Waals surface area contributed by atoms with Crippen molar-refractivity contribution in [1.29, 1.82) is 0 Å². The Morgan fingerprint density at radius 1 is 1.33 bits per heavy atom. The summed E-state index contributed by atoms with van der Waals surface area (Å²) in [7, 11) is 0. The molecule has 0 bridgehead atoms. The van der Waals surface area contributed by atoms with Crippen LogP contribution >= 0.6 is 0 Å². The maximum absolute atomic E-state index is 8.67. The molecular formula is C15H13N3. The molecule has 0 aromatic heterocycles. The van der Waals surface area contributed by atoms with Crippen LogP contribution in [-0.4, -0.2) is 6.04 Å². The minimum absolute atomic E-state index is 0.126. The van der Waals surface area contributed by atoms with E-state index in [0.29, 0.717) is 0 Å². The smallest absolute Gasteiger partial charge is 0.0664 e. The number of azide groups is 1. The van der Waals surface area contributed by atoms with Crippen LogP contribution in [0.15, 0.2) is 59.8 Å². The number of benzene rings is 1. The number of rotatable bonds is 1. The second kappa shape index (κ2) is 4.21. The van der Waals surface area contributed by atoms with Crippen molar-refractivity contribution in [2.24, 2.45) is 11.0 Å². The van der Waals surface area contributed by atoms with E-state index in [1.165, 1.54) is 16.7 Å². The molecule has 0 amide bonds. The summed E-state index contributed by atoms with van der Waals surface area (Å²) in [4.78, 5) is 2.95. The van der Waals surface area contributed by atoms with E-state index in [4.69, 9.17) is 5.53 Å². The predicted molar refractivity (Wildman–Crippen MR) is 72.8 cm³/mol. The van der Waals surface area contributed by atoms with Crippen molar-refractivity contribution in [3.05, 3.63) is 76.2 Å². The third kappa shape index (κ3) is 1.57. The molecule has 0 aliphatic heterocycles. The van der Waals surface area contributed by atoms with Crippen molar-refractivity contribution in [2.75, 3.05) is 0 Å².